The second-order valence-electron chi connectivity index (χ2n) is 2.58. The first-order chi connectivity index (χ1) is 6.43. The highest BCUT2D eigenvalue weighted by atomic mass is 16.4. The molecular formula is C6H6N2O6. The number of rotatable bonds is 2. The van der Waals surface area contributed by atoms with Gasteiger partial charge in [-0.15, -0.1) is 0 Å². The molecule has 2 amide bonds. The van der Waals surface area contributed by atoms with Gasteiger partial charge in [0.15, 0.2) is 12.1 Å². The number of aliphatic carboxylic acids is 2. The standard InChI is InChI=1S/C6H6N2O6/c9-3-4(10)8-2(6(13)14)1(7-3)5(11)12/h1-2H,(H,7,9)(H,8,10)(H,11,12)(H,13,14). The topological polar surface area (TPSA) is 133 Å². The molecule has 76 valence electrons. The fourth-order valence-corrected chi connectivity index (χ4v) is 0.989. The highest BCUT2D eigenvalue weighted by Crippen LogP contribution is 2.00. The first kappa shape index (κ1) is 9.96. The Bertz CT molecular complexity index is 292. The van der Waals surface area contributed by atoms with Crippen molar-refractivity contribution in [3.63, 3.8) is 0 Å². The quantitative estimate of drug-likeness (QED) is 0.356. The zero-order valence-electron chi connectivity index (χ0n) is 6.68. The summed E-state index contributed by atoms with van der Waals surface area (Å²) in [6, 6.07) is -3.28. The van der Waals surface area contributed by atoms with Crippen LogP contribution in [-0.4, -0.2) is 46.0 Å². The van der Waals surface area contributed by atoms with Crippen LogP contribution < -0.4 is 10.6 Å². The molecular weight excluding hydrogens is 196 g/mol. The Morgan fingerprint density at radius 2 is 1.21 bits per heavy atom. The lowest BCUT2D eigenvalue weighted by Crippen LogP contribution is -2.67. The molecule has 2 atom stereocenters. The second-order valence-corrected chi connectivity index (χ2v) is 2.58. The van der Waals surface area contributed by atoms with Crippen LogP contribution in [0.3, 0.4) is 0 Å². The van der Waals surface area contributed by atoms with E-state index < -0.39 is 35.8 Å². The third kappa shape index (κ3) is 1.63. The van der Waals surface area contributed by atoms with E-state index in [9.17, 15) is 19.2 Å². The van der Waals surface area contributed by atoms with Crippen molar-refractivity contribution >= 4 is 23.8 Å². The predicted molar refractivity (Wildman–Crippen MR) is 39.1 cm³/mol. The van der Waals surface area contributed by atoms with Crippen LogP contribution in [0.15, 0.2) is 0 Å². The summed E-state index contributed by atoms with van der Waals surface area (Å²) in [6.45, 7) is 0. The molecule has 0 radical (unpaired) electrons. The highest BCUT2D eigenvalue weighted by Gasteiger charge is 2.42. The first-order valence-corrected chi connectivity index (χ1v) is 3.50. The Morgan fingerprint density at radius 3 is 1.43 bits per heavy atom. The fourth-order valence-electron chi connectivity index (χ4n) is 0.989. The van der Waals surface area contributed by atoms with Gasteiger partial charge in [-0.3, -0.25) is 9.59 Å². The number of nitrogens with one attached hydrogen (secondary N) is 2. The molecule has 8 nitrogen and oxygen atoms in total. The van der Waals surface area contributed by atoms with Gasteiger partial charge in [-0.1, -0.05) is 0 Å². The Morgan fingerprint density at radius 1 is 0.929 bits per heavy atom. The van der Waals surface area contributed by atoms with Crippen LogP contribution in [0.25, 0.3) is 0 Å². The molecule has 8 heteroatoms. The van der Waals surface area contributed by atoms with Crippen LogP contribution in [-0.2, 0) is 19.2 Å². The molecule has 0 aliphatic carbocycles. The number of carbonyl (C=O) groups is 4. The summed E-state index contributed by atoms with van der Waals surface area (Å²) in [6.07, 6.45) is 0. The maximum Gasteiger partial charge on any atom is 0.329 e. The van der Waals surface area contributed by atoms with Crippen molar-refractivity contribution in [3.05, 3.63) is 0 Å². The van der Waals surface area contributed by atoms with E-state index in [0.717, 1.165) is 0 Å². The van der Waals surface area contributed by atoms with E-state index >= 15 is 0 Å². The minimum Gasteiger partial charge on any atom is -0.480 e. The number of hydrogen-bond donors (Lipinski definition) is 4. The van der Waals surface area contributed by atoms with Gasteiger partial charge in [-0.05, 0) is 0 Å². The van der Waals surface area contributed by atoms with Crippen molar-refractivity contribution in [1.29, 1.82) is 0 Å². The molecule has 0 aromatic heterocycles. The number of carbonyl (C=O) groups excluding carboxylic acids is 2. The smallest absolute Gasteiger partial charge is 0.329 e. The third-order valence-corrected chi connectivity index (χ3v) is 1.64. The lowest BCUT2D eigenvalue weighted by atomic mass is 10.1. The number of carboxylic acid groups (broad SMARTS) is 2. The van der Waals surface area contributed by atoms with Crippen LogP contribution in [0.1, 0.15) is 0 Å². The number of amides is 2. The average Bonchev–Trinajstić information content (AvgIpc) is 2.08. The van der Waals surface area contributed by atoms with E-state index in [-0.39, 0.29) is 0 Å². The summed E-state index contributed by atoms with van der Waals surface area (Å²) in [5.74, 6) is -5.36. The maximum absolute atomic E-state index is 10.7. The zero-order chi connectivity index (χ0) is 10.9. The lowest BCUT2D eigenvalue weighted by Gasteiger charge is -2.26. The van der Waals surface area contributed by atoms with E-state index in [4.69, 9.17) is 10.2 Å². The van der Waals surface area contributed by atoms with E-state index in [2.05, 4.69) is 0 Å². The van der Waals surface area contributed by atoms with Gasteiger partial charge in [0.2, 0.25) is 0 Å². The maximum atomic E-state index is 10.7. The SMILES string of the molecule is O=C1NC(C(=O)O)C(C(=O)O)NC1=O. The van der Waals surface area contributed by atoms with Crippen LogP contribution in [0, 0.1) is 0 Å². The van der Waals surface area contributed by atoms with Crippen molar-refractivity contribution in [2.75, 3.05) is 0 Å². The van der Waals surface area contributed by atoms with Crippen LogP contribution >= 0.6 is 0 Å². The Balaban J connectivity index is 2.91. The molecule has 1 aliphatic rings. The Hall–Kier alpha value is -2.12. The van der Waals surface area contributed by atoms with Gasteiger partial charge in [0.05, 0.1) is 0 Å². The minimum atomic E-state index is -1.64. The molecule has 0 aromatic rings. The summed E-state index contributed by atoms with van der Waals surface area (Å²) in [5.41, 5.74) is 0. The fraction of sp³-hybridized carbons (Fsp3) is 0.333. The van der Waals surface area contributed by atoms with E-state index in [1.807, 2.05) is 0 Å². The van der Waals surface area contributed by atoms with Gasteiger partial charge in [0.25, 0.3) is 0 Å². The van der Waals surface area contributed by atoms with Gasteiger partial charge in [-0.2, -0.15) is 0 Å². The summed E-state index contributed by atoms with van der Waals surface area (Å²) in [5, 5.41) is 20.6. The van der Waals surface area contributed by atoms with E-state index in [1.54, 1.807) is 10.6 Å². The van der Waals surface area contributed by atoms with Crippen molar-refractivity contribution in [3.8, 4) is 0 Å². The van der Waals surface area contributed by atoms with Gasteiger partial charge in [0.1, 0.15) is 0 Å². The van der Waals surface area contributed by atoms with Crippen LogP contribution in [0.2, 0.25) is 0 Å². The molecule has 1 saturated heterocycles. The lowest BCUT2D eigenvalue weighted by molar-refractivity contribution is -0.155. The third-order valence-electron chi connectivity index (χ3n) is 1.64. The monoisotopic (exact) mass is 202 g/mol. The Kier molecular flexibility index (Phi) is 2.36. The molecule has 0 saturated carbocycles. The predicted octanol–water partition coefficient (Wildman–Crippen LogP) is -2.86. The molecule has 14 heavy (non-hydrogen) atoms. The van der Waals surface area contributed by atoms with Crippen molar-refractivity contribution in [2.24, 2.45) is 0 Å². The molecule has 2 unspecified atom stereocenters. The van der Waals surface area contributed by atoms with Gasteiger partial charge in [0, 0.05) is 0 Å². The summed E-state index contributed by atoms with van der Waals surface area (Å²) < 4.78 is 0. The largest absolute Gasteiger partial charge is 0.480 e. The van der Waals surface area contributed by atoms with Crippen LogP contribution in [0.5, 0.6) is 0 Å². The molecule has 1 fully saturated rings. The van der Waals surface area contributed by atoms with Gasteiger partial charge >= 0.3 is 23.8 Å². The van der Waals surface area contributed by atoms with E-state index in [1.165, 1.54) is 0 Å². The van der Waals surface area contributed by atoms with Gasteiger partial charge in [-0.25, -0.2) is 9.59 Å². The number of hydrogen-bond acceptors (Lipinski definition) is 4. The average molecular weight is 202 g/mol. The van der Waals surface area contributed by atoms with E-state index in [0.29, 0.717) is 0 Å². The first-order valence-electron chi connectivity index (χ1n) is 3.50. The summed E-state index contributed by atoms with van der Waals surface area (Å²) >= 11 is 0. The van der Waals surface area contributed by atoms with Crippen LogP contribution in [0.4, 0.5) is 0 Å². The number of piperazine rings is 1. The zero-order valence-corrected chi connectivity index (χ0v) is 6.68. The molecule has 1 aliphatic heterocycles. The summed E-state index contributed by atoms with van der Waals surface area (Å²) in [7, 11) is 0. The second kappa shape index (κ2) is 3.32. The van der Waals surface area contributed by atoms with Crippen molar-refractivity contribution < 1.29 is 29.4 Å². The van der Waals surface area contributed by atoms with Crippen molar-refractivity contribution in [1.82, 2.24) is 10.6 Å². The molecule has 0 bridgehead atoms. The molecule has 0 spiro atoms. The Labute approximate surface area is 76.9 Å². The number of carboxylic acids is 2. The van der Waals surface area contributed by atoms with Gasteiger partial charge < -0.3 is 20.8 Å². The normalized spacial score (nSPS) is 26.3. The summed E-state index contributed by atoms with van der Waals surface area (Å²) in [4.78, 5) is 42.4. The molecule has 1 heterocycles. The molecule has 0 aromatic carbocycles. The molecule has 1 rings (SSSR count). The van der Waals surface area contributed by atoms with Crippen molar-refractivity contribution in [2.45, 2.75) is 12.1 Å². The minimum absolute atomic E-state index is 1.16. The molecule has 4 N–H and O–H groups in total. The highest BCUT2D eigenvalue weighted by molar-refractivity contribution is 6.37.